The minimum absolute atomic E-state index is 0.0864. The van der Waals surface area contributed by atoms with Crippen LogP contribution in [0.25, 0.3) is 11.4 Å². The van der Waals surface area contributed by atoms with Crippen molar-refractivity contribution in [2.75, 3.05) is 19.8 Å². The van der Waals surface area contributed by atoms with Gasteiger partial charge in [0.15, 0.2) is 0 Å². The van der Waals surface area contributed by atoms with Crippen molar-refractivity contribution >= 4 is 5.91 Å². The number of amides is 1. The fourth-order valence-electron chi connectivity index (χ4n) is 3.61. The maximum atomic E-state index is 12.5. The molecule has 0 radical (unpaired) electrons. The van der Waals surface area contributed by atoms with Gasteiger partial charge in [-0.25, -0.2) is 0 Å². The second kappa shape index (κ2) is 8.98. The van der Waals surface area contributed by atoms with Gasteiger partial charge in [0.1, 0.15) is 11.5 Å². The molecule has 1 aliphatic rings. The topological polar surface area (TPSA) is 77.7 Å². The molecule has 1 unspecified atom stereocenters. The lowest BCUT2D eigenvalue weighted by atomic mass is 10.1. The number of para-hydroxylation sites is 1. The summed E-state index contributed by atoms with van der Waals surface area (Å²) >= 11 is 0. The number of nitrogens with zero attached hydrogens (tertiary/aromatic N) is 3. The molecule has 1 aromatic heterocycles. The number of carbonyl (C=O) groups is 1. The normalized spacial score (nSPS) is 16.1. The van der Waals surface area contributed by atoms with Gasteiger partial charge in [0.2, 0.25) is 17.6 Å². The molecule has 7 nitrogen and oxygen atoms in total. The van der Waals surface area contributed by atoms with E-state index in [1.54, 1.807) is 0 Å². The molecule has 1 atom stereocenters. The van der Waals surface area contributed by atoms with Gasteiger partial charge in [0.05, 0.1) is 24.7 Å². The summed E-state index contributed by atoms with van der Waals surface area (Å²) in [5.74, 6) is 2.49. The van der Waals surface area contributed by atoms with Crippen molar-refractivity contribution in [3.8, 4) is 22.9 Å². The van der Waals surface area contributed by atoms with Crippen LogP contribution in [0.4, 0.5) is 0 Å². The Morgan fingerprint density at radius 3 is 2.60 bits per heavy atom. The first-order valence-electron chi connectivity index (χ1n) is 10.2. The van der Waals surface area contributed by atoms with E-state index in [0.29, 0.717) is 50.2 Å². The van der Waals surface area contributed by atoms with Gasteiger partial charge < -0.3 is 18.9 Å². The van der Waals surface area contributed by atoms with Gasteiger partial charge in [-0.2, -0.15) is 4.98 Å². The lowest BCUT2D eigenvalue weighted by Gasteiger charge is -2.16. The molecular formula is C23H25N3O4. The van der Waals surface area contributed by atoms with E-state index in [1.165, 1.54) is 0 Å². The highest BCUT2D eigenvalue weighted by Crippen LogP contribution is 2.32. The number of ether oxygens (including phenoxy) is 2. The van der Waals surface area contributed by atoms with Crippen LogP contribution in [-0.2, 0) is 11.3 Å². The molecule has 2 aromatic carbocycles. The van der Waals surface area contributed by atoms with Crippen LogP contribution in [0, 0.1) is 0 Å². The third-order valence-corrected chi connectivity index (χ3v) is 5.04. The molecule has 0 aliphatic carbocycles. The SMILES string of the molecule is CCOc1ccc(CN2CC(c3nc(-c4ccccc4OCC)no3)CC2=O)cc1. The first-order valence-corrected chi connectivity index (χ1v) is 10.2. The lowest BCUT2D eigenvalue weighted by Crippen LogP contribution is -2.24. The maximum absolute atomic E-state index is 12.5. The van der Waals surface area contributed by atoms with E-state index in [0.717, 1.165) is 16.9 Å². The van der Waals surface area contributed by atoms with Crippen LogP contribution in [0.1, 0.15) is 37.6 Å². The fourth-order valence-corrected chi connectivity index (χ4v) is 3.61. The van der Waals surface area contributed by atoms with Crippen LogP contribution in [0.5, 0.6) is 11.5 Å². The van der Waals surface area contributed by atoms with Crippen LogP contribution >= 0.6 is 0 Å². The van der Waals surface area contributed by atoms with E-state index in [2.05, 4.69) is 10.1 Å². The number of aromatic nitrogens is 2. The van der Waals surface area contributed by atoms with Crippen molar-refractivity contribution in [2.24, 2.45) is 0 Å². The average molecular weight is 407 g/mol. The summed E-state index contributed by atoms with van der Waals surface area (Å²) in [5.41, 5.74) is 1.84. The highest BCUT2D eigenvalue weighted by molar-refractivity contribution is 5.79. The zero-order valence-corrected chi connectivity index (χ0v) is 17.2. The van der Waals surface area contributed by atoms with E-state index in [4.69, 9.17) is 14.0 Å². The van der Waals surface area contributed by atoms with Gasteiger partial charge in [-0.3, -0.25) is 4.79 Å². The lowest BCUT2D eigenvalue weighted by molar-refractivity contribution is -0.128. The molecule has 0 spiro atoms. The summed E-state index contributed by atoms with van der Waals surface area (Å²) in [6.07, 6.45) is 0.367. The smallest absolute Gasteiger partial charge is 0.232 e. The van der Waals surface area contributed by atoms with E-state index in [1.807, 2.05) is 67.3 Å². The molecule has 0 saturated carbocycles. The van der Waals surface area contributed by atoms with Gasteiger partial charge in [-0.15, -0.1) is 0 Å². The summed E-state index contributed by atoms with van der Waals surface area (Å²) in [7, 11) is 0. The summed E-state index contributed by atoms with van der Waals surface area (Å²) in [6.45, 7) is 6.18. The Kier molecular flexibility index (Phi) is 5.97. The Morgan fingerprint density at radius 2 is 1.83 bits per heavy atom. The van der Waals surface area contributed by atoms with E-state index in [9.17, 15) is 4.79 Å². The highest BCUT2D eigenvalue weighted by atomic mass is 16.5. The third-order valence-electron chi connectivity index (χ3n) is 5.04. The largest absolute Gasteiger partial charge is 0.494 e. The molecule has 7 heteroatoms. The second-order valence-corrected chi connectivity index (χ2v) is 7.14. The Hall–Kier alpha value is -3.35. The minimum atomic E-state index is -0.110. The predicted molar refractivity (Wildman–Crippen MR) is 111 cm³/mol. The standard InChI is InChI=1S/C23H25N3O4/c1-3-28-18-11-9-16(10-12-18)14-26-15-17(13-21(26)27)23-24-22(25-30-23)19-7-5-6-8-20(19)29-4-2/h5-12,17H,3-4,13-15H2,1-2H3. The average Bonchev–Trinajstić information content (AvgIpc) is 3.38. The third kappa shape index (κ3) is 4.30. The molecule has 30 heavy (non-hydrogen) atoms. The van der Waals surface area contributed by atoms with Crippen molar-refractivity contribution in [3.63, 3.8) is 0 Å². The maximum Gasteiger partial charge on any atom is 0.232 e. The number of hydrogen-bond donors (Lipinski definition) is 0. The molecule has 1 amide bonds. The van der Waals surface area contributed by atoms with E-state index < -0.39 is 0 Å². The monoisotopic (exact) mass is 407 g/mol. The Bertz CT molecular complexity index is 1000. The summed E-state index contributed by atoms with van der Waals surface area (Å²) in [6, 6.07) is 15.4. The van der Waals surface area contributed by atoms with Crippen molar-refractivity contribution in [3.05, 3.63) is 60.0 Å². The van der Waals surface area contributed by atoms with Gasteiger partial charge in [-0.05, 0) is 43.7 Å². The quantitative estimate of drug-likeness (QED) is 0.561. The first-order chi connectivity index (χ1) is 14.7. The number of carbonyl (C=O) groups excluding carboxylic acids is 1. The van der Waals surface area contributed by atoms with Crippen molar-refractivity contribution in [1.29, 1.82) is 0 Å². The molecule has 4 rings (SSSR count). The predicted octanol–water partition coefficient (Wildman–Crippen LogP) is 4.05. The van der Waals surface area contributed by atoms with Crippen LogP contribution in [0.15, 0.2) is 53.1 Å². The van der Waals surface area contributed by atoms with Gasteiger partial charge >= 0.3 is 0 Å². The van der Waals surface area contributed by atoms with Crippen molar-refractivity contribution < 1.29 is 18.8 Å². The summed E-state index contributed by atoms with van der Waals surface area (Å²) in [5, 5.41) is 4.13. The fraction of sp³-hybridized carbons (Fsp3) is 0.348. The molecule has 1 saturated heterocycles. The molecule has 156 valence electrons. The van der Waals surface area contributed by atoms with Gasteiger partial charge in [0, 0.05) is 19.5 Å². The second-order valence-electron chi connectivity index (χ2n) is 7.14. The molecule has 1 aliphatic heterocycles. The molecule has 3 aromatic rings. The van der Waals surface area contributed by atoms with Gasteiger partial charge in [0.25, 0.3) is 0 Å². The zero-order valence-electron chi connectivity index (χ0n) is 17.2. The number of likely N-dealkylation sites (tertiary alicyclic amines) is 1. The Morgan fingerprint density at radius 1 is 1.07 bits per heavy atom. The van der Waals surface area contributed by atoms with Crippen LogP contribution < -0.4 is 9.47 Å². The zero-order chi connectivity index (χ0) is 20.9. The van der Waals surface area contributed by atoms with Crippen LogP contribution in [0.3, 0.4) is 0 Å². The molecule has 0 bridgehead atoms. The molecule has 0 N–H and O–H groups in total. The van der Waals surface area contributed by atoms with Crippen LogP contribution in [0.2, 0.25) is 0 Å². The molecule has 1 fully saturated rings. The Balaban J connectivity index is 1.45. The van der Waals surface area contributed by atoms with E-state index in [-0.39, 0.29) is 11.8 Å². The first kappa shape index (κ1) is 19.9. The number of hydrogen-bond acceptors (Lipinski definition) is 6. The molecule has 2 heterocycles. The van der Waals surface area contributed by atoms with E-state index >= 15 is 0 Å². The van der Waals surface area contributed by atoms with Crippen molar-refractivity contribution in [1.82, 2.24) is 15.0 Å². The van der Waals surface area contributed by atoms with Gasteiger partial charge in [-0.1, -0.05) is 29.4 Å². The minimum Gasteiger partial charge on any atom is -0.494 e. The summed E-state index contributed by atoms with van der Waals surface area (Å²) in [4.78, 5) is 18.9. The number of benzene rings is 2. The number of rotatable bonds is 8. The Labute approximate surface area is 175 Å². The van der Waals surface area contributed by atoms with Crippen molar-refractivity contribution in [2.45, 2.75) is 32.7 Å². The van der Waals surface area contributed by atoms with Crippen LogP contribution in [-0.4, -0.2) is 40.7 Å². The highest BCUT2D eigenvalue weighted by Gasteiger charge is 2.34. The molecular weight excluding hydrogens is 382 g/mol. The summed E-state index contributed by atoms with van der Waals surface area (Å²) < 4.78 is 16.6.